The molecule has 2 unspecified atom stereocenters. The number of amides is 1. The smallest absolute Gasteiger partial charge is 0.226 e. The van der Waals surface area contributed by atoms with Crippen molar-refractivity contribution in [2.45, 2.75) is 38.8 Å². The van der Waals surface area contributed by atoms with Crippen LogP contribution in [0.25, 0.3) is 0 Å². The van der Waals surface area contributed by atoms with Crippen molar-refractivity contribution in [3.8, 4) is 0 Å². The predicted molar refractivity (Wildman–Crippen MR) is 91.3 cm³/mol. The molecule has 0 aliphatic carbocycles. The van der Waals surface area contributed by atoms with Gasteiger partial charge in [0.2, 0.25) is 5.91 Å². The molecule has 1 aromatic carbocycles. The molecule has 1 fully saturated rings. The van der Waals surface area contributed by atoms with Gasteiger partial charge in [0.1, 0.15) is 0 Å². The molecule has 0 saturated carbocycles. The third-order valence-electron chi connectivity index (χ3n) is 3.92. The number of hydrogen-bond acceptors (Lipinski definition) is 3. The molecule has 22 heavy (non-hydrogen) atoms. The van der Waals surface area contributed by atoms with Crippen LogP contribution < -0.4 is 10.6 Å². The number of ether oxygens (including phenoxy) is 1. The summed E-state index contributed by atoms with van der Waals surface area (Å²) in [4.78, 5) is 12.5. The van der Waals surface area contributed by atoms with E-state index in [2.05, 4.69) is 24.5 Å². The molecule has 1 aromatic rings. The number of likely N-dealkylation sites (N-methyl/N-ethyl adjacent to an activating group) is 1. The molecule has 1 aliphatic heterocycles. The zero-order valence-corrected chi connectivity index (χ0v) is 14.2. The van der Waals surface area contributed by atoms with Crippen molar-refractivity contribution >= 4 is 18.3 Å². The van der Waals surface area contributed by atoms with Crippen molar-refractivity contribution in [3.63, 3.8) is 0 Å². The highest BCUT2D eigenvalue weighted by atomic mass is 35.5. The van der Waals surface area contributed by atoms with Crippen LogP contribution in [-0.2, 0) is 9.53 Å². The minimum atomic E-state index is -0.116. The van der Waals surface area contributed by atoms with Crippen molar-refractivity contribution in [3.05, 3.63) is 35.9 Å². The molecule has 124 valence electrons. The summed E-state index contributed by atoms with van der Waals surface area (Å²) in [5, 5.41) is 6.36. The SMILES string of the molecule is CCN[C@H](C)CNC(=O)C1CCCOC1c1ccccc1.Cl. The van der Waals surface area contributed by atoms with Crippen LogP contribution in [0.15, 0.2) is 30.3 Å². The van der Waals surface area contributed by atoms with E-state index in [0.717, 1.165) is 31.6 Å². The quantitative estimate of drug-likeness (QED) is 0.845. The van der Waals surface area contributed by atoms with Crippen LogP contribution in [0.4, 0.5) is 0 Å². The lowest BCUT2D eigenvalue weighted by Crippen LogP contribution is -2.43. The molecule has 2 rings (SSSR count). The second-order valence-corrected chi connectivity index (χ2v) is 5.65. The molecule has 2 N–H and O–H groups in total. The van der Waals surface area contributed by atoms with Crippen molar-refractivity contribution in [2.24, 2.45) is 5.92 Å². The fourth-order valence-electron chi connectivity index (χ4n) is 2.83. The Labute approximate surface area is 139 Å². The molecule has 0 aromatic heterocycles. The van der Waals surface area contributed by atoms with Gasteiger partial charge in [-0.15, -0.1) is 12.4 Å². The van der Waals surface area contributed by atoms with Crippen LogP contribution in [0.2, 0.25) is 0 Å². The number of nitrogens with one attached hydrogen (secondary N) is 2. The first kappa shape index (κ1) is 18.9. The maximum atomic E-state index is 12.5. The highest BCUT2D eigenvalue weighted by Crippen LogP contribution is 2.33. The van der Waals surface area contributed by atoms with Gasteiger partial charge in [0.05, 0.1) is 12.0 Å². The Hall–Kier alpha value is -1.10. The highest BCUT2D eigenvalue weighted by molar-refractivity contribution is 5.85. The number of hydrogen-bond donors (Lipinski definition) is 2. The first-order chi connectivity index (χ1) is 10.2. The van der Waals surface area contributed by atoms with E-state index >= 15 is 0 Å². The molecule has 1 heterocycles. The van der Waals surface area contributed by atoms with Crippen LogP contribution in [0, 0.1) is 5.92 Å². The van der Waals surface area contributed by atoms with Crippen molar-refractivity contribution < 1.29 is 9.53 Å². The lowest BCUT2D eigenvalue weighted by Gasteiger charge is -2.31. The first-order valence-corrected chi connectivity index (χ1v) is 7.90. The summed E-state index contributed by atoms with van der Waals surface area (Å²) in [7, 11) is 0. The Balaban J connectivity index is 0.00000242. The summed E-state index contributed by atoms with van der Waals surface area (Å²) in [6.07, 6.45) is 1.72. The standard InChI is InChI=1S/C17H26N2O2.ClH/c1-3-18-13(2)12-19-17(20)15-10-7-11-21-16(15)14-8-5-4-6-9-14;/h4-6,8-9,13,15-16,18H,3,7,10-12H2,1-2H3,(H,19,20);1H/t13-,15?,16?;/m1./s1. The van der Waals surface area contributed by atoms with Crippen LogP contribution in [-0.4, -0.2) is 31.6 Å². The Morgan fingerprint density at radius 3 is 2.77 bits per heavy atom. The number of halogens is 1. The zero-order valence-electron chi connectivity index (χ0n) is 13.4. The molecular formula is C17H27ClN2O2. The van der Waals surface area contributed by atoms with Crippen LogP contribution in [0.3, 0.4) is 0 Å². The Morgan fingerprint density at radius 2 is 2.09 bits per heavy atom. The summed E-state index contributed by atoms with van der Waals surface area (Å²) < 4.78 is 5.88. The van der Waals surface area contributed by atoms with Gasteiger partial charge in [-0.2, -0.15) is 0 Å². The van der Waals surface area contributed by atoms with E-state index in [9.17, 15) is 4.79 Å². The van der Waals surface area contributed by atoms with Gasteiger partial charge in [0.25, 0.3) is 0 Å². The number of carbonyl (C=O) groups is 1. The number of rotatable bonds is 6. The number of carbonyl (C=O) groups excluding carboxylic acids is 1. The molecule has 0 radical (unpaired) electrons. The number of benzene rings is 1. The molecule has 1 saturated heterocycles. The predicted octanol–water partition coefficient (Wildman–Crippen LogP) is 2.69. The van der Waals surface area contributed by atoms with Crippen molar-refractivity contribution in [1.29, 1.82) is 0 Å². The van der Waals surface area contributed by atoms with Gasteiger partial charge in [0.15, 0.2) is 0 Å². The van der Waals surface area contributed by atoms with E-state index in [1.807, 2.05) is 30.3 Å². The van der Waals surface area contributed by atoms with Gasteiger partial charge in [-0.1, -0.05) is 37.3 Å². The maximum Gasteiger partial charge on any atom is 0.226 e. The zero-order chi connectivity index (χ0) is 15.1. The average molecular weight is 327 g/mol. The molecule has 4 nitrogen and oxygen atoms in total. The molecule has 0 spiro atoms. The lowest BCUT2D eigenvalue weighted by molar-refractivity contribution is -0.134. The van der Waals surface area contributed by atoms with Crippen molar-refractivity contribution in [2.75, 3.05) is 19.7 Å². The average Bonchev–Trinajstić information content (AvgIpc) is 2.54. The molecular weight excluding hydrogens is 300 g/mol. The Kier molecular flexibility index (Phi) is 8.46. The molecule has 5 heteroatoms. The van der Waals surface area contributed by atoms with E-state index in [1.54, 1.807) is 0 Å². The van der Waals surface area contributed by atoms with E-state index in [0.29, 0.717) is 12.6 Å². The summed E-state index contributed by atoms with van der Waals surface area (Å²) in [5.41, 5.74) is 1.09. The summed E-state index contributed by atoms with van der Waals surface area (Å²) in [6.45, 7) is 6.45. The topological polar surface area (TPSA) is 50.4 Å². The van der Waals surface area contributed by atoms with Gasteiger partial charge in [-0.3, -0.25) is 4.79 Å². The molecule has 1 amide bonds. The minimum absolute atomic E-state index is 0. The lowest BCUT2D eigenvalue weighted by atomic mass is 9.88. The van der Waals surface area contributed by atoms with Crippen LogP contribution >= 0.6 is 12.4 Å². The fraction of sp³-hybridized carbons (Fsp3) is 0.588. The fourth-order valence-corrected chi connectivity index (χ4v) is 2.83. The summed E-state index contributed by atoms with van der Waals surface area (Å²) in [5.74, 6) is 0.0169. The first-order valence-electron chi connectivity index (χ1n) is 7.90. The van der Waals surface area contributed by atoms with Gasteiger partial charge >= 0.3 is 0 Å². The van der Waals surface area contributed by atoms with Crippen LogP contribution in [0.1, 0.15) is 38.4 Å². The second kappa shape index (κ2) is 9.82. The van der Waals surface area contributed by atoms with Gasteiger partial charge in [0, 0.05) is 19.2 Å². The van der Waals surface area contributed by atoms with E-state index < -0.39 is 0 Å². The maximum absolute atomic E-state index is 12.5. The van der Waals surface area contributed by atoms with Gasteiger partial charge < -0.3 is 15.4 Å². The highest BCUT2D eigenvalue weighted by Gasteiger charge is 2.32. The summed E-state index contributed by atoms with van der Waals surface area (Å²) >= 11 is 0. The Morgan fingerprint density at radius 1 is 1.36 bits per heavy atom. The monoisotopic (exact) mass is 326 g/mol. The normalized spacial score (nSPS) is 22.5. The van der Waals surface area contributed by atoms with E-state index in [-0.39, 0.29) is 30.3 Å². The third kappa shape index (κ3) is 5.27. The molecule has 3 atom stereocenters. The van der Waals surface area contributed by atoms with Crippen molar-refractivity contribution in [1.82, 2.24) is 10.6 Å². The minimum Gasteiger partial charge on any atom is -0.373 e. The van der Waals surface area contributed by atoms with Gasteiger partial charge in [-0.05, 0) is 31.9 Å². The molecule has 1 aliphatic rings. The van der Waals surface area contributed by atoms with Gasteiger partial charge in [-0.25, -0.2) is 0 Å². The summed E-state index contributed by atoms with van der Waals surface area (Å²) in [6, 6.07) is 10.3. The Bertz CT molecular complexity index is 442. The molecule has 0 bridgehead atoms. The van der Waals surface area contributed by atoms with E-state index in [1.165, 1.54) is 0 Å². The van der Waals surface area contributed by atoms with Crippen LogP contribution in [0.5, 0.6) is 0 Å². The second-order valence-electron chi connectivity index (χ2n) is 5.65. The third-order valence-corrected chi connectivity index (χ3v) is 3.92. The van der Waals surface area contributed by atoms with E-state index in [4.69, 9.17) is 4.74 Å². The largest absolute Gasteiger partial charge is 0.373 e.